The second-order valence-electron chi connectivity index (χ2n) is 4.29. The highest BCUT2D eigenvalue weighted by Crippen LogP contribution is 2.41. The van der Waals surface area contributed by atoms with Gasteiger partial charge in [-0.05, 0) is 18.8 Å². The van der Waals surface area contributed by atoms with Crippen molar-refractivity contribution in [2.45, 2.75) is 24.5 Å². The Morgan fingerprint density at radius 3 is 2.67 bits per heavy atom. The Labute approximate surface area is 72.9 Å². The molecule has 3 nitrogen and oxygen atoms in total. The molecule has 3 rings (SSSR count). The standard InChI is InChI=1S/C9H16N2O/c1-2-7(1)8-9(5-10-6-9)12-4-3-11-8/h7-8,10-11H,1-6H2. The Bertz CT molecular complexity index is 187. The molecule has 3 heteroatoms. The van der Waals surface area contributed by atoms with E-state index < -0.39 is 0 Å². The summed E-state index contributed by atoms with van der Waals surface area (Å²) in [5.74, 6) is 0.910. The lowest BCUT2D eigenvalue weighted by Crippen LogP contribution is -2.73. The van der Waals surface area contributed by atoms with Gasteiger partial charge in [-0.1, -0.05) is 0 Å². The summed E-state index contributed by atoms with van der Waals surface area (Å²) < 4.78 is 5.89. The number of rotatable bonds is 1. The molecule has 0 aromatic heterocycles. The highest BCUT2D eigenvalue weighted by atomic mass is 16.5. The van der Waals surface area contributed by atoms with Gasteiger partial charge in [0.2, 0.25) is 0 Å². The molecule has 2 heterocycles. The van der Waals surface area contributed by atoms with Crippen LogP contribution in [0.3, 0.4) is 0 Å². The summed E-state index contributed by atoms with van der Waals surface area (Å²) in [5, 5.41) is 6.93. The average molecular weight is 168 g/mol. The van der Waals surface area contributed by atoms with Crippen LogP contribution in [0, 0.1) is 5.92 Å². The lowest BCUT2D eigenvalue weighted by molar-refractivity contribution is -0.131. The van der Waals surface area contributed by atoms with Gasteiger partial charge in [-0.2, -0.15) is 0 Å². The molecule has 2 N–H and O–H groups in total. The molecule has 0 radical (unpaired) electrons. The quantitative estimate of drug-likeness (QED) is 0.565. The van der Waals surface area contributed by atoms with E-state index in [1.165, 1.54) is 12.8 Å². The van der Waals surface area contributed by atoms with Crippen LogP contribution in [0.4, 0.5) is 0 Å². The molecule has 0 aromatic rings. The maximum Gasteiger partial charge on any atom is 0.108 e. The normalized spacial score (nSPS) is 39.5. The molecular weight excluding hydrogens is 152 g/mol. The van der Waals surface area contributed by atoms with Crippen LogP contribution in [0.2, 0.25) is 0 Å². The van der Waals surface area contributed by atoms with Crippen molar-refractivity contribution in [3.05, 3.63) is 0 Å². The van der Waals surface area contributed by atoms with Crippen molar-refractivity contribution in [2.75, 3.05) is 26.2 Å². The molecule has 0 aromatic carbocycles. The molecule has 2 aliphatic heterocycles. The van der Waals surface area contributed by atoms with E-state index in [1.807, 2.05) is 0 Å². The second kappa shape index (κ2) is 2.44. The van der Waals surface area contributed by atoms with Crippen LogP contribution in [0.15, 0.2) is 0 Å². The molecule has 1 spiro atoms. The summed E-state index contributed by atoms with van der Waals surface area (Å²) in [6.07, 6.45) is 2.81. The zero-order chi connectivity index (χ0) is 8.02. The van der Waals surface area contributed by atoms with E-state index in [4.69, 9.17) is 4.74 Å². The van der Waals surface area contributed by atoms with Crippen LogP contribution >= 0.6 is 0 Å². The molecule has 1 saturated carbocycles. The number of hydrogen-bond donors (Lipinski definition) is 2. The molecule has 68 valence electrons. The van der Waals surface area contributed by atoms with Gasteiger partial charge in [-0.3, -0.25) is 0 Å². The fourth-order valence-corrected chi connectivity index (χ4v) is 2.46. The van der Waals surface area contributed by atoms with Gasteiger partial charge in [0.05, 0.1) is 6.61 Å². The average Bonchev–Trinajstić information content (AvgIpc) is 2.84. The van der Waals surface area contributed by atoms with E-state index in [-0.39, 0.29) is 5.60 Å². The largest absolute Gasteiger partial charge is 0.369 e. The van der Waals surface area contributed by atoms with Gasteiger partial charge in [-0.25, -0.2) is 0 Å². The molecular formula is C9H16N2O. The van der Waals surface area contributed by atoms with Gasteiger partial charge in [0.15, 0.2) is 0 Å². The first-order valence-corrected chi connectivity index (χ1v) is 4.99. The zero-order valence-corrected chi connectivity index (χ0v) is 7.31. The van der Waals surface area contributed by atoms with Crippen LogP contribution in [-0.4, -0.2) is 37.9 Å². The minimum atomic E-state index is 0.180. The summed E-state index contributed by atoms with van der Waals surface area (Å²) >= 11 is 0. The fourth-order valence-electron chi connectivity index (χ4n) is 2.46. The van der Waals surface area contributed by atoms with Crippen LogP contribution in [0.25, 0.3) is 0 Å². The smallest absolute Gasteiger partial charge is 0.108 e. The maximum absolute atomic E-state index is 5.89. The molecule has 0 bridgehead atoms. The van der Waals surface area contributed by atoms with Gasteiger partial charge in [-0.15, -0.1) is 0 Å². The van der Waals surface area contributed by atoms with Crippen molar-refractivity contribution < 1.29 is 4.74 Å². The molecule has 3 fully saturated rings. The predicted octanol–water partition coefficient (Wildman–Crippen LogP) is -0.273. The predicted molar refractivity (Wildman–Crippen MR) is 46.1 cm³/mol. The zero-order valence-electron chi connectivity index (χ0n) is 7.31. The molecule has 1 atom stereocenters. The van der Waals surface area contributed by atoms with Crippen molar-refractivity contribution >= 4 is 0 Å². The van der Waals surface area contributed by atoms with Crippen molar-refractivity contribution in [2.24, 2.45) is 5.92 Å². The van der Waals surface area contributed by atoms with E-state index >= 15 is 0 Å². The minimum Gasteiger partial charge on any atom is -0.369 e. The summed E-state index contributed by atoms with van der Waals surface area (Å²) in [5.41, 5.74) is 0.180. The van der Waals surface area contributed by atoms with E-state index in [1.54, 1.807) is 0 Å². The number of ether oxygens (including phenoxy) is 1. The van der Waals surface area contributed by atoms with E-state index in [2.05, 4.69) is 10.6 Å². The first-order chi connectivity index (χ1) is 5.91. The monoisotopic (exact) mass is 168 g/mol. The maximum atomic E-state index is 5.89. The fraction of sp³-hybridized carbons (Fsp3) is 1.00. The second-order valence-corrected chi connectivity index (χ2v) is 4.29. The van der Waals surface area contributed by atoms with Crippen molar-refractivity contribution in [3.63, 3.8) is 0 Å². The minimum absolute atomic E-state index is 0.180. The van der Waals surface area contributed by atoms with Crippen LogP contribution < -0.4 is 10.6 Å². The Kier molecular flexibility index (Phi) is 1.48. The van der Waals surface area contributed by atoms with Gasteiger partial charge >= 0.3 is 0 Å². The highest BCUT2D eigenvalue weighted by Gasteiger charge is 2.52. The van der Waals surface area contributed by atoms with Gasteiger partial charge in [0, 0.05) is 25.7 Å². The lowest BCUT2D eigenvalue weighted by Gasteiger charge is -2.51. The Hall–Kier alpha value is -0.120. The summed E-state index contributed by atoms with van der Waals surface area (Å²) in [4.78, 5) is 0. The van der Waals surface area contributed by atoms with Gasteiger partial charge in [0.25, 0.3) is 0 Å². The van der Waals surface area contributed by atoms with E-state index in [0.717, 1.165) is 32.2 Å². The third-order valence-corrected chi connectivity index (χ3v) is 3.36. The van der Waals surface area contributed by atoms with E-state index in [9.17, 15) is 0 Å². The molecule has 3 aliphatic rings. The van der Waals surface area contributed by atoms with Crippen molar-refractivity contribution in [3.8, 4) is 0 Å². The molecule has 1 unspecified atom stereocenters. The Morgan fingerprint density at radius 2 is 2.08 bits per heavy atom. The summed E-state index contributed by atoms with van der Waals surface area (Å²) in [6.45, 7) is 4.05. The van der Waals surface area contributed by atoms with Crippen LogP contribution in [0.1, 0.15) is 12.8 Å². The van der Waals surface area contributed by atoms with Crippen molar-refractivity contribution in [1.29, 1.82) is 0 Å². The molecule has 12 heavy (non-hydrogen) atoms. The number of hydrogen-bond acceptors (Lipinski definition) is 3. The summed E-state index contributed by atoms with van der Waals surface area (Å²) in [6, 6.07) is 0.646. The third kappa shape index (κ3) is 0.934. The highest BCUT2D eigenvalue weighted by molar-refractivity contribution is 5.10. The third-order valence-electron chi connectivity index (χ3n) is 3.36. The number of morpholine rings is 1. The Morgan fingerprint density at radius 1 is 1.25 bits per heavy atom. The summed E-state index contributed by atoms with van der Waals surface area (Å²) in [7, 11) is 0. The first-order valence-electron chi connectivity index (χ1n) is 4.99. The number of nitrogens with one attached hydrogen (secondary N) is 2. The van der Waals surface area contributed by atoms with Crippen molar-refractivity contribution in [1.82, 2.24) is 10.6 Å². The topological polar surface area (TPSA) is 33.3 Å². The van der Waals surface area contributed by atoms with Gasteiger partial charge < -0.3 is 15.4 Å². The SMILES string of the molecule is C1COC2(CNC2)C(C2CC2)N1. The Balaban J connectivity index is 1.77. The van der Waals surface area contributed by atoms with Crippen LogP contribution in [0.5, 0.6) is 0 Å². The first kappa shape index (κ1) is 7.30. The molecule has 0 amide bonds. The van der Waals surface area contributed by atoms with Gasteiger partial charge in [0.1, 0.15) is 5.60 Å². The lowest BCUT2D eigenvalue weighted by atomic mass is 9.83. The van der Waals surface area contributed by atoms with Crippen LogP contribution in [-0.2, 0) is 4.74 Å². The molecule has 2 saturated heterocycles. The molecule has 1 aliphatic carbocycles. The van der Waals surface area contributed by atoms with E-state index in [0.29, 0.717) is 6.04 Å².